The Morgan fingerprint density at radius 3 is 2.75 bits per heavy atom. The predicted molar refractivity (Wildman–Crippen MR) is 76.0 cm³/mol. The number of hydrogen-bond donors (Lipinski definition) is 1. The Labute approximate surface area is 116 Å². The van der Waals surface area contributed by atoms with Crippen LogP contribution in [0.15, 0.2) is 53.2 Å². The van der Waals surface area contributed by atoms with Gasteiger partial charge >= 0.3 is 0 Å². The van der Waals surface area contributed by atoms with Gasteiger partial charge in [0.05, 0.1) is 6.54 Å². The summed E-state index contributed by atoms with van der Waals surface area (Å²) in [5, 5.41) is 7.19. The fourth-order valence-corrected chi connectivity index (χ4v) is 1.88. The molecule has 0 unspecified atom stereocenters. The van der Waals surface area contributed by atoms with Crippen LogP contribution >= 0.6 is 0 Å². The lowest BCUT2D eigenvalue weighted by Gasteiger charge is -2.01. The van der Waals surface area contributed by atoms with Crippen LogP contribution in [-0.2, 0) is 6.54 Å². The minimum atomic E-state index is 0.489. The lowest BCUT2D eigenvalue weighted by Crippen LogP contribution is -1.99. The maximum absolute atomic E-state index is 5.23. The van der Waals surface area contributed by atoms with Crippen LogP contribution in [0.25, 0.3) is 11.5 Å². The third-order valence-corrected chi connectivity index (χ3v) is 2.91. The number of nitrogens with one attached hydrogen (secondary N) is 1. The molecule has 1 N–H and O–H groups in total. The second-order valence-corrected chi connectivity index (χ2v) is 4.40. The van der Waals surface area contributed by atoms with Crippen molar-refractivity contribution in [1.82, 2.24) is 15.1 Å². The fourth-order valence-electron chi connectivity index (χ4n) is 1.88. The molecule has 1 aromatic carbocycles. The molecular weight excluding hydrogens is 252 g/mol. The summed E-state index contributed by atoms with van der Waals surface area (Å²) in [6.45, 7) is 2.46. The first-order valence-electron chi connectivity index (χ1n) is 6.36. The van der Waals surface area contributed by atoms with Gasteiger partial charge in [-0.1, -0.05) is 29.4 Å². The van der Waals surface area contributed by atoms with Gasteiger partial charge in [0.15, 0.2) is 0 Å². The van der Waals surface area contributed by atoms with E-state index in [1.807, 2.05) is 49.4 Å². The molecule has 5 nitrogen and oxygen atoms in total. The molecule has 0 saturated heterocycles. The Bertz CT molecular complexity index is 694. The van der Waals surface area contributed by atoms with Gasteiger partial charge < -0.3 is 9.84 Å². The molecule has 2 aromatic heterocycles. The molecule has 0 saturated carbocycles. The summed E-state index contributed by atoms with van der Waals surface area (Å²) in [6, 6.07) is 13.7. The molecular formula is C15H14N4O. The first-order chi connectivity index (χ1) is 9.83. The number of aryl methyl sites for hydroxylation is 1. The van der Waals surface area contributed by atoms with Crippen molar-refractivity contribution in [3.8, 4) is 11.5 Å². The molecule has 20 heavy (non-hydrogen) atoms. The summed E-state index contributed by atoms with van der Waals surface area (Å²) >= 11 is 0. The third-order valence-electron chi connectivity index (χ3n) is 2.91. The van der Waals surface area contributed by atoms with Crippen LogP contribution in [0.4, 0.5) is 5.69 Å². The summed E-state index contributed by atoms with van der Waals surface area (Å²) in [4.78, 5) is 8.63. The van der Waals surface area contributed by atoms with Crippen LogP contribution in [-0.4, -0.2) is 15.1 Å². The van der Waals surface area contributed by atoms with E-state index in [2.05, 4.69) is 20.4 Å². The second-order valence-electron chi connectivity index (χ2n) is 4.40. The molecule has 0 spiro atoms. The minimum Gasteiger partial charge on any atom is -0.376 e. The van der Waals surface area contributed by atoms with E-state index in [0.29, 0.717) is 18.3 Å². The number of nitrogens with zero attached hydrogens (tertiary/aromatic N) is 3. The highest BCUT2D eigenvalue weighted by molar-refractivity contribution is 5.53. The van der Waals surface area contributed by atoms with Gasteiger partial charge in [0.2, 0.25) is 11.7 Å². The van der Waals surface area contributed by atoms with Crippen molar-refractivity contribution in [3.05, 3.63) is 60.1 Å². The normalized spacial score (nSPS) is 10.4. The largest absolute Gasteiger partial charge is 0.376 e. The van der Waals surface area contributed by atoms with E-state index in [4.69, 9.17) is 4.52 Å². The first kappa shape index (κ1) is 12.3. The maximum Gasteiger partial charge on any atom is 0.246 e. The van der Waals surface area contributed by atoms with Gasteiger partial charge in [-0.15, -0.1) is 0 Å². The molecule has 0 bridgehead atoms. The van der Waals surface area contributed by atoms with Gasteiger partial charge in [0.1, 0.15) is 5.69 Å². The van der Waals surface area contributed by atoms with Crippen molar-refractivity contribution < 1.29 is 4.52 Å². The molecule has 0 atom stereocenters. The van der Waals surface area contributed by atoms with Gasteiger partial charge in [0, 0.05) is 11.9 Å². The molecule has 0 fully saturated rings. The average Bonchev–Trinajstić information content (AvgIpc) is 2.95. The van der Waals surface area contributed by atoms with Crippen molar-refractivity contribution >= 4 is 5.69 Å². The number of benzene rings is 1. The molecule has 0 amide bonds. The molecule has 0 aliphatic rings. The van der Waals surface area contributed by atoms with Crippen LogP contribution in [0.5, 0.6) is 0 Å². The molecule has 0 aliphatic carbocycles. The minimum absolute atomic E-state index is 0.489. The number of rotatable bonds is 4. The van der Waals surface area contributed by atoms with Crippen LogP contribution in [0.3, 0.4) is 0 Å². The SMILES string of the molecule is Cc1cccnc1-c1noc(CNc2ccccc2)n1. The van der Waals surface area contributed by atoms with Crippen molar-refractivity contribution in [2.75, 3.05) is 5.32 Å². The van der Waals surface area contributed by atoms with Gasteiger partial charge in [-0.25, -0.2) is 0 Å². The summed E-state index contributed by atoms with van der Waals surface area (Å²) in [6.07, 6.45) is 1.72. The summed E-state index contributed by atoms with van der Waals surface area (Å²) in [5.74, 6) is 1.06. The predicted octanol–water partition coefficient (Wildman–Crippen LogP) is 3.05. The van der Waals surface area contributed by atoms with E-state index in [-0.39, 0.29) is 0 Å². The third kappa shape index (κ3) is 2.66. The quantitative estimate of drug-likeness (QED) is 0.786. The topological polar surface area (TPSA) is 63.8 Å². The molecule has 0 radical (unpaired) electrons. The van der Waals surface area contributed by atoms with Crippen molar-refractivity contribution in [2.45, 2.75) is 13.5 Å². The van der Waals surface area contributed by atoms with E-state index in [1.54, 1.807) is 6.20 Å². The van der Waals surface area contributed by atoms with Crippen LogP contribution in [0, 0.1) is 6.92 Å². The van der Waals surface area contributed by atoms with Gasteiger partial charge in [0.25, 0.3) is 0 Å². The molecule has 3 rings (SSSR count). The zero-order chi connectivity index (χ0) is 13.8. The highest BCUT2D eigenvalue weighted by Gasteiger charge is 2.11. The number of para-hydroxylation sites is 1. The molecule has 0 aliphatic heterocycles. The van der Waals surface area contributed by atoms with Crippen molar-refractivity contribution in [3.63, 3.8) is 0 Å². The van der Waals surface area contributed by atoms with Crippen LogP contribution in [0.2, 0.25) is 0 Å². The number of anilines is 1. The Morgan fingerprint density at radius 2 is 1.95 bits per heavy atom. The van der Waals surface area contributed by atoms with Crippen molar-refractivity contribution in [2.24, 2.45) is 0 Å². The Morgan fingerprint density at radius 1 is 1.10 bits per heavy atom. The lowest BCUT2D eigenvalue weighted by molar-refractivity contribution is 0.384. The maximum atomic E-state index is 5.23. The van der Waals surface area contributed by atoms with Gasteiger partial charge in [-0.2, -0.15) is 4.98 Å². The zero-order valence-corrected chi connectivity index (χ0v) is 11.1. The van der Waals surface area contributed by atoms with Crippen LogP contribution in [0.1, 0.15) is 11.5 Å². The molecule has 2 heterocycles. The fraction of sp³-hybridized carbons (Fsp3) is 0.133. The Hall–Kier alpha value is -2.69. The van der Waals surface area contributed by atoms with Crippen LogP contribution < -0.4 is 5.32 Å². The van der Waals surface area contributed by atoms with E-state index in [0.717, 1.165) is 16.9 Å². The van der Waals surface area contributed by atoms with E-state index < -0.39 is 0 Å². The van der Waals surface area contributed by atoms with E-state index in [9.17, 15) is 0 Å². The smallest absolute Gasteiger partial charge is 0.246 e. The number of pyridine rings is 1. The zero-order valence-electron chi connectivity index (χ0n) is 11.1. The number of aromatic nitrogens is 3. The van der Waals surface area contributed by atoms with Crippen molar-refractivity contribution in [1.29, 1.82) is 0 Å². The summed E-state index contributed by atoms with van der Waals surface area (Å²) in [5.41, 5.74) is 2.79. The molecule has 3 aromatic rings. The highest BCUT2D eigenvalue weighted by atomic mass is 16.5. The van der Waals surface area contributed by atoms with E-state index in [1.165, 1.54) is 0 Å². The molecule has 100 valence electrons. The molecule has 5 heteroatoms. The van der Waals surface area contributed by atoms with E-state index >= 15 is 0 Å². The van der Waals surface area contributed by atoms with Gasteiger partial charge in [-0.05, 0) is 30.7 Å². The second kappa shape index (κ2) is 5.52. The average molecular weight is 266 g/mol. The first-order valence-corrected chi connectivity index (χ1v) is 6.36. The standard InChI is InChI=1S/C15H14N4O/c1-11-6-5-9-16-14(11)15-18-13(20-19-15)10-17-12-7-3-2-4-8-12/h2-9,17H,10H2,1H3. The lowest BCUT2D eigenvalue weighted by atomic mass is 10.2. The van der Waals surface area contributed by atoms with Gasteiger partial charge in [-0.3, -0.25) is 4.98 Å². The number of hydrogen-bond acceptors (Lipinski definition) is 5. The Balaban J connectivity index is 1.73. The monoisotopic (exact) mass is 266 g/mol. The summed E-state index contributed by atoms with van der Waals surface area (Å²) < 4.78 is 5.23. The Kier molecular flexibility index (Phi) is 3.41. The summed E-state index contributed by atoms with van der Waals surface area (Å²) in [7, 11) is 0. The highest BCUT2D eigenvalue weighted by Crippen LogP contribution is 2.17.